The van der Waals surface area contributed by atoms with Crippen LogP contribution in [0, 0.1) is 11.8 Å². The highest BCUT2D eigenvalue weighted by Crippen LogP contribution is 2.21. The van der Waals surface area contributed by atoms with Crippen molar-refractivity contribution >= 4 is 17.9 Å². The molecule has 0 amide bonds. The first-order valence-corrected chi connectivity index (χ1v) is 11.1. The van der Waals surface area contributed by atoms with E-state index in [0.29, 0.717) is 13.0 Å². The molecule has 0 saturated heterocycles. The average Bonchev–Trinajstić information content (AvgIpc) is 2.71. The van der Waals surface area contributed by atoms with E-state index in [1.807, 2.05) is 0 Å². The highest BCUT2D eigenvalue weighted by atomic mass is 16.5. The molecule has 0 aromatic carbocycles. The molecule has 0 bridgehead atoms. The minimum absolute atomic E-state index is 0.0738. The summed E-state index contributed by atoms with van der Waals surface area (Å²) in [6.45, 7) is 6.35. The molecule has 0 aliphatic heterocycles. The van der Waals surface area contributed by atoms with Crippen LogP contribution < -0.4 is 0 Å². The lowest BCUT2D eigenvalue weighted by atomic mass is 9.91. The van der Waals surface area contributed by atoms with Crippen LogP contribution in [0.3, 0.4) is 0 Å². The summed E-state index contributed by atoms with van der Waals surface area (Å²) in [5, 5.41) is 8.78. The average molecular weight is 417 g/mol. The lowest BCUT2D eigenvalue weighted by Crippen LogP contribution is -2.33. The lowest BCUT2D eigenvalue weighted by molar-refractivity contribution is -0.164. The Morgan fingerprint density at radius 1 is 0.724 bits per heavy atom. The SMILES string of the molecule is CCCCCCOC(=O)C(C)C(CC(=O)OCCCO)C(=O)OCCCCCC. The number of hydrogen-bond acceptors (Lipinski definition) is 7. The molecule has 2 atom stereocenters. The molecule has 7 heteroatoms. The second-order valence-electron chi connectivity index (χ2n) is 7.35. The summed E-state index contributed by atoms with van der Waals surface area (Å²) in [5.41, 5.74) is 0. The third kappa shape index (κ3) is 14.1. The van der Waals surface area contributed by atoms with Crippen molar-refractivity contribution in [1.82, 2.24) is 0 Å². The minimum Gasteiger partial charge on any atom is -0.466 e. The summed E-state index contributed by atoms with van der Waals surface area (Å²) in [6.07, 6.45) is 7.89. The molecule has 0 aromatic heterocycles. The van der Waals surface area contributed by atoms with Crippen LogP contribution in [0.2, 0.25) is 0 Å². The molecule has 0 aromatic rings. The van der Waals surface area contributed by atoms with Gasteiger partial charge in [-0.25, -0.2) is 0 Å². The zero-order valence-electron chi connectivity index (χ0n) is 18.5. The van der Waals surface area contributed by atoms with Gasteiger partial charge in [-0.1, -0.05) is 59.3 Å². The number of carbonyl (C=O) groups excluding carboxylic acids is 3. The molecule has 0 radical (unpaired) electrons. The van der Waals surface area contributed by atoms with Gasteiger partial charge in [0.2, 0.25) is 0 Å². The lowest BCUT2D eigenvalue weighted by Gasteiger charge is -2.21. The van der Waals surface area contributed by atoms with Crippen LogP contribution in [0.25, 0.3) is 0 Å². The highest BCUT2D eigenvalue weighted by Gasteiger charge is 2.35. The Bertz CT molecular complexity index is 450. The third-order valence-corrected chi connectivity index (χ3v) is 4.71. The maximum absolute atomic E-state index is 12.5. The topological polar surface area (TPSA) is 99.1 Å². The molecule has 2 unspecified atom stereocenters. The van der Waals surface area contributed by atoms with Gasteiger partial charge in [-0.15, -0.1) is 0 Å². The number of rotatable bonds is 18. The second-order valence-corrected chi connectivity index (χ2v) is 7.35. The van der Waals surface area contributed by atoms with Crippen LogP contribution >= 0.6 is 0 Å². The van der Waals surface area contributed by atoms with Crippen LogP contribution in [-0.4, -0.2) is 49.4 Å². The van der Waals surface area contributed by atoms with Crippen molar-refractivity contribution in [2.75, 3.05) is 26.4 Å². The predicted octanol–water partition coefficient (Wildman–Crippen LogP) is 3.80. The molecule has 170 valence electrons. The molecule has 7 nitrogen and oxygen atoms in total. The Kier molecular flexibility index (Phi) is 17.4. The molecule has 0 aliphatic carbocycles. The Labute approximate surface area is 175 Å². The van der Waals surface area contributed by atoms with Gasteiger partial charge >= 0.3 is 17.9 Å². The monoisotopic (exact) mass is 416 g/mol. The van der Waals surface area contributed by atoms with Gasteiger partial charge in [-0.05, 0) is 12.8 Å². The van der Waals surface area contributed by atoms with Gasteiger partial charge in [0.25, 0.3) is 0 Å². The van der Waals surface area contributed by atoms with Crippen LogP contribution in [0.5, 0.6) is 0 Å². The maximum Gasteiger partial charge on any atom is 0.310 e. The van der Waals surface area contributed by atoms with Gasteiger partial charge in [0, 0.05) is 13.0 Å². The first-order chi connectivity index (χ1) is 14.0. The summed E-state index contributed by atoms with van der Waals surface area (Å²) >= 11 is 0. The smallest absolute Gasteiger partial charge is 0.310 e. The summed E-state index contributed by atoms with van der Waals surface area (Å²) in [4.78, 5) is 36.9. The number of unbranched alkanes of at least 4 members (excludes halogenated alkanes) is 6. The first-order valence-electron chi connectivity index (χ1n) is 11.1. The van der Waals surface area contributed by atoms with E-state index < -0.39 is 29.7 Å². The fraction of sp³-hybridized carbons (Fsp3) is 0.864. The molecular formula is C22H40O7. The van der Waals surface area contributed by atoms with Gasteiger partial charge in [-0.2, -0.15) is 0 Å². The number of ether oxygens (including phenoxy) is 3. The van der Waals surface area contributed by atoms with Gasteiger partial charge in [0.15, 0.2) is 0 Å². The molecule has 0 spiro atoms. The Hall–Kier alpha value is -1.63. The quantitative estimate of drug-likeness (QED) is 0.206. The van der Waals surface area contributed by atoms with Gasteiger partial charge in [-0.3, -0.25) is 14.4 Å². The molecular weight excluding hydrogens is 376 g/mol. The molecule has 0 fully saturated rings. The number of carbonyl (C=O) groups is 3. The van der Waals surface area contributed by atoms with Crippen LogP contribution in [0.1, 0.15) is 85.0 Å². The predicted molar refractivity (Wildman–Crippen MR) is 110 cm³/mol. The third-order valence-electron chi connectivity index (χ3n) is 4.71. The molecule has 0 saturated carbocycles. The van der Waals surface area contributed by atoms with E-state index in [1.165, 1.54) is 0 Å². The van der Waals surface area contributed by atoms with Crippen molar-refractivity contribution < 1.29 is 33.7 Å². The standard InChI is InChI=1S/C22H40O7/c1-4-6-8-10-14-28-21(25)18(3)19(17-20(24)27-16-12-13-23)22(26)29-15-11-9-7-5-2/h18-19,23H,4-17H2,1-3H3. The van der Waals surface area contributed by atoms with E-state index in [-0.39, 0.29) is 26.2 Å². The Morgan fingerprint density at radius 3 is 1.76 bits per heavy atom. The van der Waals surface area contributed by atoms with E-state index in [9.17, 15) is 14.4 Å². The zero-order chi connectivity index (χ0) is 21.9. The van der Waals surface area contributed by atoms with Crippen LogP contribution in [-0.2, 0) is 28.6 Å². The maximum atomic E-state index is 12.5. The van der Waals surface area contributed by atoms with Crippen molar-refractivity contribution in [3.8, 4) is 0 Å². The zero-order valence-corrected chi connectivity index (χ0v) is 18.5. The summed E-state index contributed by atoms with van der Waals surface area (Å²) in [5.74, 6) is -3.40. The summed E-state index contributed by atoms with van der Waals surface area (Å²) in [6, 6.07) is 0. The van der Waals surface area contributed by atoms with Crippen molar-refractivity contribution in [2.24, 2.45) is 11.8 Å². The van der Waals surface area contributed by atoms with E-state index >= 15 is 0 Å². The fourth-order valence-electron chi connectivity index (χ4n) is 2.76. The molecule has 29 heavy (non-hydrogen) atoms. The second kappa shape index (κ2) is 18.4. The largest absolute Gasteiger partial charge is 0.466 e. The van der Waals surface area contributed by atoms with Crippen molar-refractivity contribution in [1.29, 1.82) is 0 Å². The minimum atomic E-state index is -0.939. The number of esters is 3. The first kappa shape index (κ1) is 27.4. The Morgan fingerprint density at radius 2 is 1.24 bits per heavy atom. The van der Waals surface area contributed by atoms with Crippen molar-refractivity contribution in [3.63, 3.8) is 0 Å². The van der Waals surface area contributed by atoms with Gasteiger partial charge in [0.05, 0.1) is 38.1 Å². The Balaban J connectivity index is 4.70. The molecule has 0 aliphatic rings. The van der Waals surface area contributed by atoms with E-state index in [1.54, 1.807) is 6.92 Å². The molecule has 0 rings (SSSR count). The van der Waals surface area contributed by atoms with Crippen molar-refractivity contribution in [3.05, 3.63) is 0 Å². The van der Waals surface area contributed by atoms with E-state index in [2.05, 4.69) is 13.8 Å². The highest BCUT2D eigenvalue weighted by molar-refractivity contribution is 5.85. The summed E-state index contributed by atoms with van der Waals surface area (Å²) in [7, 11) is 0. The van der Waals surface area contributed by atoms with Gasteiger partial charge in [0.1, 0.15) is 0 Å². The molecule has 0 heterocycles. The fourth-order valence-corrected chi connectivity index (χ4v) is 2.76. The molecule has 1 N–H and O–H groups in total. The van der Waals surface area contributed by atoms with Crippen LogP contribution in [0.4, 0.5) is 0 Å². The van der Waals surface area contributed by atoms with E-state index in [4.69, 9.17) is 19.3 Å². The number of aliphatic hydroxyl groups excluding tert-OH is 1. The number of aliphatic hydroxyl groups is 1. The van der Waals surface area contributed by atoms with Crippen LogP contribution in [0.15, 0.2) is 0 Å². The van der Waals surface area contributed by atoms with E-state index in [0.717, 1.165) is 51.4 Å². The number of hydrogen-bond donors (Lipinski definition) is 1. The summed E-state index contributed by atoms with van der Waals surface area (Å²) < 4.78 is 15.6. The normalized spacial score (nSPS) is 12.8. The van der Waals surface area contributed by atoms with Crippen molar-refractivity contribution in [2.45, 2.75) is 85.0 Å². The van der Waals surface area contributed by atoms with Gasteiger partial charge < -0.3 is 19.3 Å².